The van der Waals surface area contributed by atoms with Crippen LogP contribution >= 0.6 is 0 Å². The zero-order valence-electron chi connectivity index (χ0n) is 14.0. The van der Waals surface area contributed by atoms with E-state index in [1.165, 1.54) is 0 Å². The molecule has 0 spiro atoms. The van der Waals surface area contributed by atoms with Gasteiger partial charge in [-0.3, -0.25) is 9.59 Å². The summed E-state index contributed by atoms with van der Waals surface area (Å²) in [6.45, 7) is 4.07. The molecule has 0 aromatic heterocycles. The van der Waals surface area contributed by atoms with Gasteiger partial charge in [0.05, 0.1) is 40.1 Å². The van der Waals surface area contributed by atoms with Crippen LogP contribution in [0.3, 0.4) is 0 Å². The molecule has 1 unspecified atom stereocenters. The van der Waals surface area contributed by atoms with E-state index in [1.807, 2.05) is 0 Å². The zero-order valence-corrected chi connectivity index (χ0v) is 14.0. The Morgan fingerprint density at radius 2 is 1.71 bits per heavy atom. The molecule has 1 aliphatic rings. The van der Waals surface area contributed by atoms with E-state index in [1.54, 1.807) is 21.1 Å². The summed E-state index contributed by atoms with van der Waals surface area (Å²) >= 11 is 0. The van der Waals surface area contributed by atoms with Crippen molar-refractivity contribution in [2.24, 2.45) is 0 Å². The Morgan fingerprint density at radius 1 is 1.14 bits per heavy atom. The van der Waals surface area contributed by atoms with E-state index in [0.29, 0.717) is 6.61 Å². The minimum atomic E-state index is -0.339. The van der Waals surface area contributed by atoms with Crippen molar-refractivity contribution in [3.05, 3.63) is 0 Å². The lowest BCUT2D eigenvalue weighted by atomic mass is 10.1. The van der Waals surface area contributed by atoms with Gasteiger partial charge in [0.25, 0.3) is 0 Å². The third-order valence-electron chi connectivity index (χ3n) is 3.12. The molecule has 124 valence electrons. The predicted octanol–water partition coefficient (Wildman–Crippen LogP) is 1.37. The molecule has 1 aliphatic heterocycles. The standard InChI is InChI=1S/C13H24NO4.C2H6O/c1-4-17-12(15)7-8-13(16)18-11-6-5-9-14(2,3)10-11;1-3-2/h11H,4-10H2,1-3H3;1-2H3/q+1;. The van der Waals surface area contributed by atoms with Gasteiger partial charge in [-0.25, -0.2) is 0 Å². The van der Waals surface area contributed by atoms with Gasteiger partial charge in [-0.2, -0.15) is 0 Å². The Kier molecular flexibility index (Phi) is 9.99. The third-order valence-corrected chi connectivity index (χ3v) is 3.12. The van der Waals surface area contributed by atoms with Crippen molar-refractivity contribution >= 4 is 11.9 Å². The predicted molar refractivity (Wildman–Crippen MR) is 79.8 cm³/mol. The van der Waals surface area contributed by atoms with Crippen LogP contribution < -0.4 is 0 Å². The molecule has 0 saturated carbocycles. The number of ether oxygens (including phenoxy) is 3. The number of hydrogen-bond donors (Lipinski definition) is 0. The summed E-state index contributed by atoms with van der Waals surface area (Å²) in [6, 6.07) is 0. The number of quaternary nitrogens is 1. The fourth-order valence-electron chi connectivity index (χ4n) is 2.26. The van der Waals surface area contributed by atoms with Crippen molar-refractivity contribution < 1.29 is 28.3 Å². The Hall–Kier alpha value is -1.14. The average Bonchev–Trinajstić information content (AvgIpc) is 2.36. The monoisotopic (exact) mass is 304 g/mol. The van der Waals surface area contributed by atoms with Gasteiger partial charge in [-0.15, -0.1) is 0 Å². The summed E-state index contributed by atoms with van der Waals surface area (Å²) in [5.41, 5.74) is 0. The molecule has 0 amide bonds. The summed E-state index contributed by atoms with van der Waals surface area (Å²) in [4.78, 5) is 22.7. The summed E-state index contributed by atoms with van der Waals surface area (Å²) < 4.78 is 15.3. The normalized spacial score (nSPS) is 20.0. The largest absolute Gasteiger partial charge is 0.466 e. The Labute approximate surface area is 127 Å². The molecule has 6 heteroatoms. The van der Waals surface area contributed by atoms with E-state index in [4.69, 9.17) is 9.47 Å². The number of piperidine rings is 1. The van der Waals surface area contributed by atoms with Crippen LogP contribution in [0.25, 0.3) is 0 Å². The van der Waals surface area contributed by atoms with Gasteiger partial charge in [0.1, 0.15) is 6.54 Å². The van der Waals surface area contributed by atoms with Crippen molar-refractivity contribution in [2.75, 3.05) is 48.0 Å². The summed E-state index contributed by atoms with van der Waals surface area (Å²) in [7, 11) is 7.53. The van der Waals surface area contributed by atoms with Crippen molar-refractivity contribution in [3.63, 3.8) is 0 Å². The number of carbonyl (C=O) groups excluding carboxylic acids is 2. The minimum absolute atomic E-state index is 0.0107. The first-order chi connectivity index (χ1) is 9.84. The molecule has 1 fully saturated rings. The molecule has 0 aromatic rings. The van der Waals surface area contributed by atoms with Gasteiger partial charge >= 0.3 is 11.9 Å². The summed E-state index contributed by atoms with van der Waals surface area (Å²) in [5, 5.41) is 0. The SMILES string of the molecule is CCOC(=O)CCC(=O)OC1CCC[N+](C)(C)C1.COC. The second-order valence-electron chi connectivity index (χ2n) is 5.81. The number of rotatable bonds is 5. The average molecular weight is 304 g/mol. The van der Waals surface area contributed by atoms with Crippen molar-refractivity contribution in [1.29, 1.82) is 0 Å². The van der Waals surface area contributed by atoms with Gasteiger partial charge in [-0.05, 0) is 13.3 Å². The van der Waals surface area contributed by atoms with Gasteiger partial charge in [0.2, 0.25) is 0 Å². The van der Waals surface area contributed by atoms with Crippen LogP contribution in [0, 0.1) is 0 Å². The van der Waals surface area contributed by atoms with Crippen LogP contribution in [0.2, 0.25) is 0 Å². The molecule has 1 atom stereocenters. The van der Waals surface area contributed by atoms with Crippen molar-refractivity contribution in [1.82, 2.24) is 0 Å². The highest BCUT2D eigenvalue weighted by molar-refractivity contribution is 5.77. The maximum atomic E-state index is 11.6. The van der Waals surface area contributed by atoms with Gasteiger partial charge < -0.3 is 18.7 Å². The van der Waals surface area contributed by atoms with Crippen LogP contribution in [-0.4, -0.2) is 70.5 Å². The summed E-state index contributed by atoms with van der Waals surface area (Å²) in [5.74, 6) is -0.635. The minimum Gasteiger partial charge on any atom is -0.466 e. The first-order valence-corrected chi connectivity index (χ1v) is 7.41. The molecule has 6 nitrogen and oxygen atoms in total. The number of hydrogen-bond acceptors (Lipinski definition) is 5. The van der Waals surface area contributed by atoms with E-state index in [-0.39, 0.29) is 30.9 Å². The topological polar surface area (TPSA) is 61.8 Å². The lowest BCUT2D eigenvalue weighted by molar-refractivity contribution is -0.898. The molecule has 0 N–H and O–H groups in total. The number of likely N-dealkylation sites (tertiary alicyclic amines) is 1. The fraction of sp³-hybridized carbons (Fsp3) is 0.867. The van der Waals surface area contributed by atoms with E-state index < -0.39 is 0 Å². The van der Waals surface area contributed by atoms with Crippen LogP contribution in [0.1, 0.15) is 32.6 Å². The number of likely N-dealkylation sites (N-methyl/N-ethyl adjacent to an activating group) is 1. The number of nitrogens with zero attached hydrogens (tertiary/aromatic N) is 1. The van der Waals surface area contributed by atoms with E-state index in [0.717, 1.165) is 30.4 Å². The Balaban J connectivity index is 0.00000122. The smallest absolute Gasteiger partial charge is 0.306 e. The van der Waals surface area contributed by atoms with Crippen molar-refractivity contribution in [3.8, 4) is 0 Å². The van der Waals surface area contributed by atoms with Crippen LogP contribution in [0.5, 0.6) is 0 Å². The van der Waals surface area contributed by atoms with E-state index in [9.17, 15) is 9.59 Å². The molecule has 0 aliphatic carbocycles. The highest BCUT2D eigenvalue weighted by atomic mass is 16.5. The second kappa shape index (κ2) is 10.6. The molecular formula is C15H30NO5+. The van der Waals surface area contributed by atoms with Gasteiger partial charge in [0.15, 0.2) is 6.10 Å². The van der Waals surface area contributed by atoms with E-state index >= 15 is 0 Å². The molecule has 0 radical (unpaired) electrons. The maximum Gasteiger partial charge on any atom is 0.306 e. The number of methoxy groups -OCH3 is 1. The summed E-state index contributed by atoms with van der Waals surface area (Å²) in [6.07, 6.45) is 2.21. The number of esters is 2. The van der Waals surface area contributed by atoms with Gasteiger partial charge in [0, 0.05) is 20.6 Å². The highest BCUT2D eigenvalue weighted by Gasteiger charge is 2.29. The third kappa shape index (κ3) is 10.3. The molecule has 1 heterocycles. The zero-order chi connectivity index (χ0) is 16.3. The van der Waals surface area contributed by atoms with E-state index in [2.05, 4.69) is 18.8 Å². The fourth-order valence-corrected chi connectivity index (χ4v) is 2.26. The molecule has 1 saturated heterocycles. The molecule has 0 aromatic carbocycles. The Morgan fingerprint density at radius 3 is 2.24 bits per heavy atom. The van der Waals surface area contributed by atoms with Crippen LogP contribution in [-0.2, 0) is 23.8 Å². The Bertz CT molecular complexity index is 317. The first-order valence-electron chi connectivity index (χ1n) is 7.41. The van der Waals surface area contributed by atoms with Crippen LogP contribution in [0.15, 0.2) is 0 Å². The van der Waals surface area contributed by atoms with Crippen LogP contribution in [0.4, 0.5) is 0 Å². The molecular weight excluding hydrogens is 274 g/mol. The van der Waals surface area contributed by atoms with Gasteiger partial charge in [-0.1, -0.05) is 0 Å². The maximum absolute atomic E-state index is 11.6. The lowest BCUT2D eigenvalue weighted by Gasteiger charge is -2.37. The quantitative estimate of drug-likeness (QED) is 0.567. The molecule has 0 bridgehead atoms. The lowest BCUT2D eigenvalue weighted by Crippen LogP contribution is -2.50. The number of carbonyl (C=O) groups is 2. The second-order valence-corrected chi connectivity index (χ2v) is 5.81. The molecule has 1 rings (SSSR count). The first kappa shape index (κ1) is 19.9. The molecule has 21 heavy (non-hydrogen) atoms. The van der Waals surface area contributed by atoms with Crippen molar-refractivity contribution in [2.45, 2.75) is 38.7 Å². The highest BCUT2D eigenvalue weighted by Crippen LogP contribution is 2.17.